The number of nitrogens with one attached hydrogen (secondary N) is 3. The fraction of sp³-hybridized carbons (Fsp3) is 0.727. The van der Waals surface area contributed by atoms with Gasteiger partial charge >= 0.3 is 0 Å². The monoisotopic (exact) mass is 272 g/mol. The van der Waals surface area contributed by atoms with E-state index < -0.39 is 10.0 Å². The topological polar surface area (TPSA) is 86.9 Å². The molecule has 0 saturated carbocycles. The van der Waals surface area contributed by atoms with Crippen LogP contribution in [-0.4, -0.2) is 43.3 Å². The van der Waals surface area contributed by atoms with Crippen molar-refractivity contribution in [3.8, 4) is 0 Å². The van der Waals surface area contributed by atoms with Crippen LogP contribution in [0.3, 0.4) is 0 Å². The van der Waals surface area contributed by atoms with E-state index >= 15 is 0 Å². The second-order valence-electron chi connectivity index (χ2n) is 4.61. The molecule has 102 valence electrons. The summed E-state index contributed by atoms with van der Waals surface area (Å²) in [6.07, 6.45) is 7.00. The Labute approximate surface area is 108 Å². The number of imidazole rings is 1. The zero-order valence-corrected chi connectivity index (χ0v) is 11.2. The molecule has 1 aliphatic rings. The van der Waals surface area contributed by atoms with E-state index in [-0.39, 0.29) is 11.8 Å². The molecule has 1 atom stereocenters. The van der Waals surface area contributed by atoms with Crippen molar-refractivity contribution in [2.24, 2.45) is 0 Å². The van der Waals surface area contributed by atoms with Crippen LogP contribution < -0.4 is 10.0 Å². The lowest BCUT2D eigenvalue weighted by Gasteiger charge is -2.11. The number of sulfonamides is 1. The fourth-order valence-corrected chi connectivity index (χ4v) is 3.53. The third kappa shape index (κ3) is 4.40. The van der Waals surface area contributed by atoms with E-state index in [4.69, 9.17) is 0 Å². The lowest BCUT2D eigenvalue weighted by Crippen LogP contribution is -2.37. The Hall–Kier alpha value is -0.920. The summed E-state index contributed by atoms with van der Waals surface area (Å²) in [7, 11) is -3.15. The summed E-state index contributed by atoms with van der Waals surface area (Å²) in [6, 6.07) is 0.118. The van der Waals surface area contributed by atoms with E-state index in [0.717, 1.165) is 38.1 Å². The molecule has 0 aromatic carbocycles. The zero-order chi connectivity index (χ0) is 12.8. The molecule has 0 bridgehead atoms. The third-order valence-electron chi connectivity index (χ3n) is 3.05. The van der Waals surface area contributed by atoms with E-state index in [1.54, 1.807) is 12.4 Å². The molecule has 0 spiro atoms. The van der Waals surface area contributed by atoms with Gasteiger partial charge in [0, 0.05) is 31.4 Å². The Bertz CT molecular complexity index is 438. The van der Waals surface area contributed by atoms with Crippen molar-refractivity contribution in [2.45, 2.75) is 31.7 Å². The molecule has 1 aromatic heterocycles. The Morgan fingerprint density at radius 3 is 3.06 bits per heavy atom. The zero-order valence-electron chi connectivity index (χ0n) is 10.4. The lowest BCUT2D eigenvalue weighted by molar-refractivity contribution is 0.561. The van der Waals surface area contributed by atoms with Crippen LogP contribution in [0.4, 0.5) is 0 Å². The van der Waals surface area contributed by atoms with Gasteiger partial charge in [0.2, 0.25) is 10.0 Å². The van der Waals surface area contributed by atoms with Gasteiger partial charge in [0.1, 0.15) is 5.82 Å². The first-order valence-electron chi connectivity index (χ1n) is 6.35. The first-order chi connectivity index (χ1) is 8.66. The van der Waals surface area contributed by atoms with Crippen molar-refractivity contribution < 1.29 is 8.42 Å². The molecule has 6 nitrogen and oxygen atoms in total. The predicted octanol–water partition coefficient (Wildman–Crippen LogP) is 0.0137. The normalized spacial score (nSPS) is 20.3. The molecule has 2 rings (SSSR count). The highest BCUT2D eigenvalue weighted by Crippen LogP contribution is 2.06. The van der Waals surface area contributed by atoms with Crippen LogP contribution in [0.5, 0.6) is 0 Å². The summed E-state index contributed by atoms with van der Waals surface area (Å²) >= 11 is 0. The standard InChI is InChI=1S/C11H20N4O2S/c16-18(17,9-10-3-1-5-12-10)15-6-2-4-11-13-7-8-14-11/h7-8,10,12,15H,1-6,9H2,(H,13,14). The van der Waals surface area contributed by atoms with E-state index in [1.807, 2.05) is 0 Å². The predicted molar refractivity (Wildman–Crippen MR) is 69.7 cm³/mol. The molecule has 2 heterocycles. The van der Waals surface area contributed by atoms with Crippen LogP contribution in [0.15, 0.2) is 12.4 Å². The van der Waals surface area contributed by atoms with Gasteiger partial charge in [-0.2, -0.15) is 0 Å². The first kappa shape index (κ1) is 13.5. The first-order valence-corrected chi connectivity index (χ1v) is 8.00. The molecule has 1 unspecified atom stereocenters. The number of aromatic amines is 1. The minimum absolute atomic E-state index is 0.118. The average molecular weight is 272 g/mol. The second kappa shape index (κ2) is 6.31. The van der Waals surface area contributed by atoms with Gasteiger partial charge in [-0.15, -0.1) is 0 Å². The minimum atomic E-state index is -3.15. The number of nitrogens with zero attached hydrogens (tertiary/aromatic N) is 1. The minimum Gasteiger partial charge on any atom is -0.349 e. The van der Waals surface area contributed by atoms with Crippen molar-refractivity contribution in [3.05, 3.63) is 18.2 Å². The highest BCUT2D eigenvalue weighted by atomic mass is 32.2. The van der Waals surface area contributed by atoms with Crippen LogP contribution >= 0.6 is 0 Å². The number of hydrogen-bond acceptors (Lipinski definition) is 4. The number of H-pyrrole nitrogens is 1. The molecule has 3 N–H and O–H groups in total. The summed E-state index contributed by atoms with van der Waals surface area (Å²) in [5.41, 5.74) is 0. The summed E-state index contributed by atoms with van der Waals surface area (Å²) in [6.45, 7) is 1.40. The van der Waals surface area contributed by atoms with E-state index in [2.05, 4.69) is 20.0 Å². The molecular formula is C11H20N4O2S. The van der Waals surface area contributed by atoms with Crippen LogP contribution in [0.1, 0.15) is 25.1 Å². The number of aromatic nitrogens is 2. The van der Waals surface area contributed by atoms with Crippen molar-refractivity contribution in [2.75, 3.05) is 18.8 Å². The maximum atomic E-state index is 11.8. The maximum absolute atomic E-state index is 11.8. The quantitative estimate of drug-likeness (QED) is 0.610. The summed E-state index contributed by atoms with van der Waals surface area (Å²) in [4.78, 5) is 7.09. The average Bonchev–Trinajstić information content (AvgIpc) is 2.96. The third-order valence-corrected chi connectivity index (χ3v) is 4.54. The molecular weight excluding hydrogens is 252 g/mol. The molecule has 0 aliphatic carbocycles. The van der Waals surface area contributed by atoms with Gasteiger partial charge < -0.3 is 10.3 Å². The fourth-order valence-electron chi connectivity index (χ4n) is 2.14. The summed E-state index contributed by atoms with van der Waals surface area (Å²) in [5, 5.41) is 3.19. The van der Waals surface area contributed by atoms with Crippen LogP contribution in [-0.2, 0) is 16.4 Å². The van der Waals surface area contributed by atoms with Crippen molar-refractivity contribution in [1.82, 2.24) is 20.0 Å². The van der Waals surface area contributed by atoms with Crippen molar-refractivity contribution in [3.63, 3.8) is 0 Å². The lowest BCUT2D eigenvalue weighted by atomic mass is 10.3. The van der Waals surface area contributed by atoms with Crippen LogP contribution in [0, 0.1) is 0 Å². The SMILES string of the molecule is O=S(=O)(CC1CCCN1)NCCCc1ncc[nH]1. The Kier molecular flexibility index (Phi) is 4.73. The molecule has 0 amide bonds. The van der Waals surface area contributed by atoms with Gasteiger partial charge in [0.25, 0.3) is 0 Å². The van der Waals surface area contributed by atoms with E-state index in [0.29, 0.717) is 6.54 Å². The van der Waals surface area contributed by atoms with Gasteiger partial charge in [0.15, 0.2) is 0 Å². The summed E-state index contributed by atoms with van der Waals surface area (Å²) in [5.74, 6) is 1.08. The van der Waals surface area contributed by atoms with Gasteiger partial charge in [-0.3, -0.25) is 0 Å². The smallest absolute Gasteiger partial charge is 0.213 e. The Balaban J connectivity index is 1.65. The van der Waals surface area contributed by atoms with Gasteiger partial charge in [-0.05, 0) is 25.8 Å². The van der Waals surface area contributed by atoms with Gasteiger partial charge in [-0.25, -0.2) is 18.1 Å². The molecule has 1 aliphatic heterocycles. The molecule has 1 fully saturated rings. The molecule has 1 aromatic rings. The maximum Gasteiger partial charge on any atom is 0.213 e. The number of aryl methyl sites for hydroxylation is 1. The largest absolute Gasteiger partial charge is 0.349 e. The highest BCUT2D eigenvalue weighted by molar-refractivity contribution is 7.89. The highest BCUT2D eigenvalue weighted by Gasteiger charge is 2.21. The van der Waals surface area contributed by atoms with Gasteiger partial charge in [-0.1, -0.05) is 0 Å². The molecule has 18 heavy (non-hydrogen) atoms. The van der Waals surface area contributed by atoms with Crippen LogP contribution in [0.25, 0.3) is 0 Å². The molecule has 7 heteroatoms. The second-order valence-corrected chi connectivity index (χ2v) is 6.46. The van der Waals surface area contributed by atoms with Crippen molar-refractivity contribution >= 4 is 10.0 Å². The van der Waals surface area contributed by atoms with E-state index in [1.165, 1.54) is 0 Å². The number of hydrogen-bond donors (Lipinski definition) is 3. The summed E-state index contributed by atoms with van der Waals surface area (Å²) < 4.78 is 26.2. The molecule has 1 saturated heterocycles. The Morgan fingerprint density at radius 1 is 1.50 bits per heavy atom. The Morgan fingerprint density at radius 2 is 2.39 bits per heavy atom. The van der Waals surface area contributed by atoms with E-state index in [9.17, 15) is 8.42 Å². The molecule has 0 radical (unpaired) electrons. The number of rotatable bonds is 7. The van der Waals surface area contributed by atoms with Crippen molar-refractivity contribution in [1.29, 1.82) is 0 Å². The van der Waals surface area contributed by atoms with Crippen LogP contribution in [0.2, 0.25) is 0 Å². The van der Waals surface area contributed by atoms with Gasteiger partial charge in [0.05, 0.1) is 5.75 Å².